The molecule has 0 heterocycles. The van der Waals surface area contributed by atoms with Gasteiger partial charge in [-0.05, 0) is 36.5 Å². The number of hydrogen-bond donors (Lipinski definition) is 2. The van der Waals surface area contributed by atoms with Crippen molar-refractivity contribution in [1.29, 1.82) is 0 Å². The first-order valence-corrected chi connectivity index (χ1v) is 6.56. The van der Waals surface area contributed by atoms with E-state index in [0.717, 1.165) is 12.0 Å². The van der Waals surface area contributed by atoms with Crippen molar-refractivity contribution in [3.63, 3.8) is 0 Å². The van der Waals surface area contributed by atoms with Crippen LogP contribution in [0.1, 0.15) is 38.3 Å². The predicted octanol–water partition coefficient (Wildman–Crippen LogP) is 4.21. The average Bonchev–Trinajstić information content (AvgIpc) is 2.28. The van der Waals surface area contributed by atoms with Gasteiger partial charge in [0.1, 0.15) is 0 Å². The molecule has 104 valence electrons. The van der Waals surface area contributed by atoms with E-state index in [0.29, 0.717) is 22.4 Å². The summed E-state index contributed by atoms with van der Waals surface area (Å²) in [5, 5.41) is 10.9. The van der Waals surface area contributed by atoms with E-state index in [2.05, 4.69) is 13.8 Å². The highest BCUT2D eigenvalue weighted by molar-refractivity contribution is 6.42. The molecule has 0 aliphatic heterocycles. The van der Waals surface area contributed by atoms with Crippen molar-refractivity contribution in [3.05, 3.63) is 33.8 Å². The Bertz CT molecular complexity index is 371. The van der Waals surface area contributed by atoms with E-state index in [-0.39, 0.29) is 12.4 Å². The van der Waals surface area contributed by atoms with Crippen molar-refractivity contribution in [2.75, 3.05) is 0 Å². The van der Waals surface area contributed by atoms with Crippen molar-refractivity contribution in [3.8, 4) is 0 Å². The molecule has 0 saturated heterocycles. The van der Waals surface area contributed by atoms with Gasteiger partial charge in [-0.25, -0.2) is 0 Å². The fourth-order valence-electron chi connectivity index (χ4n) is 1.63. The molecule has 2 nitrogen and oxygen atoms in total. The van der Waals surface area contributed by atoms with Crippen LogP contribution in [0.25, 0.3) is 0 Å². The lowest BCUT2D eigenvalue weighted by molar-refractivity contribution is 0.128. The second-order valence-corrected chi connectivity index (χ2v) is 5.55. The summed E-state index contributed by atoms with van der Waals surface area (Å²) in [6.45, 7) is 4.24. The van der Waals surface area contributed by atoms with Crippen LogP contribution in [0.5, 0.6) is 0 Å². The van der Waals surface area contributed by atoms with Crippen LogP contribution < -0.4 is 5.73 Å². The zero-order valence-electron chi connectivity index (χ0n) is 10.6. The van der Waals surface area contributed by atoms with Gasteiger partial charge >= 0.3 is 0 Å². The minimum absolute atomic E-state index is 0. The number of rotatable bonds is 5. The van der Waals surface area contributed by atoms with Crippen molar-refractivity contribution >= 4 is 35.6 Å². The van der Waals surface area contributed by atoms with Gasteiger partial charge in [-0.3, -0.25) is 0 Å². The quantitative estimate of drug-likeness (QED) is 0.855. The van der Waals surface area contributed by atoms with Crippen LogP contribution in [0, 0.1) is 5.92 Å². The third-order valence-electron chi connectivity index (χ3n) is 2.78. The topological polar surface area (TPSA) is 46.2 Å². The molecule has 1 aromatic carbocycles. The molecule has 0 radical (unpaired) electrons. The standard InChI is InChI=1S/C13H19Cl2NO.ClH/c1-8(2)3-6-12(17)13(16)9-4-5-10(14)11(15)7-9;/h4-5,7-8,12-13,17H,3,6,16H2,1-2H3;1H/t12-,13+;/m0./s1. The zero-order chi connectivity index (χ0) is 13.0. The van der Waals surface area contributed by atoms with Gasteiger partial charge in [-0.15, -0.1) is 12.4 Å². The molecule has 18 heavy (non-hydrogen) atoms. The number of halogens is 3. The smallest absolute Gasteiger partial charge is 0.0732 e. The summed E-state index contributed by atoms with van der Waals surface area (Å²) >= 11 is 11.8. The Labute approximate surface area is 125 Å². The van der Waals surface area contributed by atoms with Gasteiger partial charge in [-0.2, -0.15) is 0 Å². The van der Waals surface area contributed by atoms with Crippen LogP contribution in [0.15, 0.2) is 18.2 Å². The van der Waals surface area contributed by atoms with Gasteiger partial charge in [0.25, 0.3) is 0 Å². The van der Waals surface area contributed by atoms with Gasteiger partial charge < -0.3 is 10.8 Å². The van der Waals surface area contributed by atoms with Gasteiger partial charge in [0.15, 0.2) is 0 Å². The molecule has 3 N–H and O–H groups in total. The highest BCUT2D eigenvalue weighted by atomic mass is 35.5. The number of benzene rings is 1. The molecule has 0 saturated carbocycles. The maximum atomic E-state index is 9.98. The molecule has 0 unspecified atom stereocenters. The lowest BCUT2D eigenvalue weighted by Gasteiger charge is -2.20. The summed E-state index contributed by atoms with van der Waals surface area (Å²) < 4.78 is 0. The fraction of sp³-hybridized carbons (Fsp3) is 0.538. The van der Waals surface area contributed by atoms with Crippen LogP contribution >= 0.6 is 35.6 Å². The Morgan fingerprint density at radius 1 is 1.17 bits per heavy atom. The highest BCUT2D eigenvalue weighted by Crippen LogP contribution is 2.27. The minimum Gasteiger partial charge on any atom is -0.391 e. The molecular weight excluding hydrogens is 293 g/mol. The van der Waals surface area contributed by atoms with Crippen LogP contribution in [-0.2, 0) is 0 Å². The molecule has 0 aliphatic carbocycles. The fourth-order valence-corrected chi connectivity index (χ4v) is 1.93. The van der Waals surface area contributed by atoms with Gasteiger partial charge in [0.2, 0.25) is 0 Å². The minimum atomic E-state index is -0.547. The summed E-state index contributed by atoms with van der Waals surface area (Å²) in [6, 6.07) is 4.81. The third-order valence-corrected chi connectivity index (χ3v) is 3.52. The molecule has 5 heteroatoms. The summed E-state index contributed by atoms with van der Waals surface area (Å²) in [5.74, 6) is 0.561. The average molecular weight is 313 g/mol. The second kappa shape index (κ2) is 8.23. The summed E-state index contributed by atoms with van der Waals surface area (Å²) in [6.07, 6.45) is 1.10. The monoisotopic (exact) mass is 311 g/mol. The zero-order valence-corrected chi connectivity index (χ0v) is 12.9. The molecule has 0 aliphatic rings. The van der Waals surface area contributed by atoms with Gasteiger partial charge in [0, 0.05) is 0 Å². The Balaban J connectivity index is 0.00000289. The SMILES string of the molecule is CC(C)CC[C@H](O)[C@H](N)c1ccc(Cl)c(Cl)c1.Cl. The largest absolute Gasteiger partial charge is 0.391 e. The normalized spacial score (nSPS) is 14.2. The maximum Gasteiger partial charge on any atom is 0.0732 e. The number of nitrogens with two attached hydrogens (primary N) is 1. The van der Waals surface area contributed by atoms with E-state index < -0.39 is 12.1 Å². The molecule has 0 aromatic heterocycles. The summed E-state index contributed by atoms with van der Waals surface area (Å²) in [5.41, 5.74) is 6.81. The van der Waals surface area contributed by atoms with Crippen molar-refractivity contribution in [2.24, 2.45) is 11.7 Å². The lowest BCUT2D eigenvalue weighted by Crippen LogP contribution is -2.26. The van der Waals surface area contributed by atoms with Gasteiger partial charge in [-0.1, -0.05) is 43.1 Å². The first-order chi connectivity index (χ1) is 7.91. The van der Waals surface area contributed by atoms with E-state index in [1.807, 2.05) is 0 Å². The molecule has 0 spiro atoms. The van der Waals surface area contributed by atoms with Crippen LogP contribution in [0.2, 0.25) is 10.0 Å². The number of aliphatic hydroxyl groups excluding tert-OH is 1. The van der Waals surface area contributed by atoms with Crippen LogP contribution in [-0.4, -0.2) is 11.2 Å². The lowest BCUT2D eigenvalue weighted by atomic mass is 9.96. The molecule has 0 fully saturated rings. The molecule has 1 aromatic rings. The first kappa shape index (κ1) is 18.0. The summed E-state index contributed by atoms with van der Waals surface area (Å²) in [4.78, 5) is 0. The molecule has 2 atom stereocenters. The number of aliphatic hydroxyl groups is 1. The van der Waals surface area contributed by atoms with Crippen LogP contribution in [0.3, 0.4) is 0 Å². The Morgan fingerprint density at radius 3 is 2.28 bits per heavy atom. The van der Waals surface area contributed by atoms with Crippen molar-refractivity contribution < 1.29 is 5.11 Å². The maximum absolute atomic E-state index is 9.98. The third kappa shape index (κ3) is 5.33. The van der Waals surface area contributed by atoms with Gasteiger partial charge in [0.05, 0.1) is 22.2 Å². The van der Waals surface area contributed by atoms with Crippen LogP contribution in [0.4, 0.5) is 0 Å². The van der Waals surface area contributed by atoms with E-state index in [9.17, 15) is 5.11 Å². The second-order valence-electron chi connectivity index (χ2n) is 4.74. The van der Waals surface area contributed by atoms with E-state index in [4.69, 9.17) is 28.9 Å². The molecular formula is C13H20Cl3NO. The van der Waals surface area contributed by atoms with Crippen molar-refractivity contribution in [1.82, 2.24) is 0 Å². The summed E-state index contributed by atoms with van der Waals surface area (Å²) in [7, 11) is 0. The molecule has 1 rings (SSSR count). The molecule has 0 bridgehead atoms. The molecule has 0 amide bonds. The first-order valence-electron chi connectivity index (χ1n) is 5.80. The van der Waals surface area contributed by atoms with E-state index >= 15 is 0 Å². The van der Waals surface area contributed by atoms with Crippen molar-refractivity contribution in [2.45, 2.75) is 38.8 Å². The number of hydrogen-bond acceptors (Lipinski definition) is 2. The van der Waals surface area contributed by atoms with E-state index in [1.54, 1.807) is 18.2 Å². The predicted molar refractivity (Wildman–Crippen MR) is 80.7 cm³/mol. The van der Waals surface area contributed by atoms with E-state index in [1.165, 1.54) is 0 Å². The Kier molecular flexibility index (Phi) is 8.24. The Hall–Kier alpha value is 0.01000. The highest BCUT2D eigenvalue weighted by Gasteiger charge is 2.17. The Morgan fingerprint density at radius 2 is 1.78 bits per heavy atom.